The molecule has 2 nitrogen and oxygen atoms in total. The maximum atomic E-state index is 6.33. The first-order valence-electron chi connectivity index (χ1n) is 6.52. The third kappa shape index (κ3) is 3.89. The predicted octanol–water partition coefficient (Wildman–Crippen LogP) is 4.79. The molecular weight excluding hydrogens is 311 g/mol. The van der Waals surface area contributed by atoms with Gasteiger partial charge in [0.25, 0.3) is 0 Å². The van der Waals surface area contributed by atoms with E-state index in [2.05, 4.69) is 22.4 Å². The number of hydrogen-bond acceptors (Lipinski definition) is 3. The van der Waals surface area contributed by atoms with E-state index in [-0.39, 0.29) is 0 Å². The summed E-state index contributed by atoms with van der Waals surface area (Å²) in [5.74, 6) is 0. The maximum Gasteiger partial charge on any atom is 0.101 e. The molecular formula is C15H14Cl2N2S. The molecule has 0 aliphatic heterocycles. The summed E-state index contributed by atoms with van der Waals surface area (Å²) in [5.41, 5.74) is 1.15. The van der Waals surface area contributed by atoms with Gasteiger partial charge in [-0.2, -0.15) is 0 Å². The van der Waals surface area contributed by atoms with Crippen LogP contribution in [0.4, 0.5) is 0 Å². The van der Waals surface area contributed by atoms with E-state index >= 15 is 0 Å². The van der Waals surface area contributed by atoms with Gasteiger partial charge in [0, 0.05) is 28.7 Å². The van der Waals surface area contributed by atoms with Gasteiger partial charge < -0.3 is 5.32 Å². The van der Waals surface area contributed by atoms with E-state index in [9.17, 15) is 0 Å². The van der Waals surface area contributed by atoms with E-state index in [1.807, 2.05) is 18.2 Å². The fraction of sp³-hybridized carbons (Fsp3) is 0.267. The average molecular weight is 325 g/mol. The predicted molar refractivity (Wildman–Crippen MR) is 84.7 cm³/mol. The first-order chi connectivity index (χ1) is 9.70. The second-order valence-electron chi connectivity index (χ2n) is 4.83. The monoisotopic (exact) mass is 324 g/mol. The van der Waals surface area contributed by atoms with Gasteiger partial charge >= 0.3 is 0 Å². The molecule has 1 fully saturated rings. The molecule has 0 unspecified atom stereocenters. The lowest BCUT2D eigenvalue weighted by molar-refractivity contribution is 0.687. The van der Waals surface area contributed by atoms with E-state index in [4.69, 9.17) is 23.2 Å². The van der Waals surface area contributed by atoms with Crippen LogP contribution in [-0.4, -0.2) is 11.0 Å². The Kier molecular flexibility index (Phi) is 4.51. The summed E-state index contributed by atoms with van der Waals surface area (Å²) in [6.45, 7) is 0.841. The zero-order chi connectivity index (χ0) is 13.9. The quantitative estimate of drug-likeness (QED) is 0.855. The second-order valence-corrected chi connectivity index (χ2v) is 6.76. The molecule has 0 atom stereocenters. The summed E-state index contributed by atoms with van der Waals surface area (Å²) in [7, 11) is 0. The molecule has 0 amide bonds. The van der Waals surface area contributed by atoms with Crippen molar-refractivity contribution < 1.29 is 0 Å². The molecule has 0 spiro atoms. The van der Waals surface area contributed by atoms with Crippen molar-refractivity contribution in [2.24, 2.45) is 0 Å². The minimum absolute atomic E-state index is 0.647. The molecule has 1 aromatic heterocycles. The summed E-state index contributed by atoms with van der Waals surface area (Å²) < 4.78 is 0. The van der Waals surface area contributed by atoms with Crippen LogP contribution in [-0.2, 0) is 6.54 Å². The number of pyridine rings is 1. The van der Waals surface area contributed by atoms with E-state index in [0.29, 0.717) is 11.1 Å². The summed E-state index contributed by atoms with van der Waals surface area (Å²) in [4.78, 5) is 5.35. The van der Waals surface area contributed by atoms with Crippen molar-refractivity contribution in [1.82, 2.24) is 10.3 Å². The van der Waals surface area contributed by atoms with Crippen LogP contribution in [0.2, 0.25) is 10.0 Å². The molecule has 2 aromatic rings. The highest BCUT2D eigenvalue weighted by atomic mass is 35.5. The standard InChI is InChI=1S/C15H14Cl2N2S/c16-11-2-6-15(19-9-11)20-13-5-1-10(14(17)7-13)8-18-12-3-4-12/h1-2,5-7,9,12,18H,3-4,8H2. The lowest BCUT2D eigenvalue weighted by Gasteiger charge is -2.08. The highest BCUT2D eigenvalue weighted by Gasteiger charge is 2.20. The first kappa shape index (κ1) is 14.2. The van der Waals surface area contributed by atoms with Crippen LogP contribution in [0.3, 0.4) is 0 Å². The molecule has 1 aliphatic carbocycles. The number of benzene rings is 1. The van der Waals surface area contributed by atoms with Crippen LogP contribution in [0, 0.1) is 0 Å². The molecule has 5 heteroatoms. The molecule has 1 heterocycles. The van der Waals surface area contributed by atoms with Gasteiger partial charge in [0.05, 0.1) is 5.02 Å². The van der Waals surface area contributed by atoms with Gasteiger partial charge in [0.2, 0.25) is 0 Å². The average Bonchev–Trinajstić information content (AvgIpc) is 3.25. The largest absolute Gasteiger partial charge is 0.310 e. The van der Waals surface area contributed by atoms with E-state index in [1.54, 1.807) is 18.0 Å². The lowest BCUT2D eigenvalue weighted by atomic mass is 10.2. The molecule has 20 heavy (non-hydrogen) atoms. The molecule has 3 rings (SSSR count). The highest BCUT2D eigenvalue weighted by Crippen LogP contribution is 2.30. The van der Waals surface area contributed by atoms with Crippen LogP contribution < -0.4 is 5.32 Å². The fourth-order valence-electron chi connectivity index (χ4n) is 1.82. The number of rotatable bonds is 5. The topological polar surface area (TPSA) is 24.9 Å². The number of nitrogens with one attached hydrogen (secondary N) is 1. The molecule has 0 bridgehead atoms. The van der Waals surface area contributed by atoms with Crippen molar-refractivity contribution in [2.45, 2.75) is 35.3 Å². The minimum atomic E-state index is 0.647. The van der Waals surface area contributed by atoms with Crippen LogP contribution in [0.5, 0.6) is 0 Å². The number of nitrogens with zero attached hydrogens (tertiary/aromatic N) is 1. The van der Waals surface area contributed by atoms with Crippen molar-refractivity contribution in [3.63, 3.8) is 0 Å². The number of aromatic nitrogens is 1. The molecule has 1 aliphatic rings. The third-order valence-electron chi connectivity index (χ3n) is 3.11. The van der Waals surface area contributed by atoms with E-state index < -0.39 is 0 Å². The zero-order valence-electron chi connectivity index (χ0n) is 10.8. The van der Waals surface area contributed by atoms with Gasteiger partial charge in [-0.25, -0.2) is 4.98 Å². The second kappa shape index (κ2) is 6.35. The van der Waals surface area contributed by atoms with Crippen molar-refractivity contribution in [3.8, 4) is 0 Å². The van der Waals surface area contributed by atoms with Gasteiger partial charge in [-0.1, -0.05) is 41.0 Å². The molecule has 104 valence electrons. The first-order valence-corrected chi connectivity index (χ1v) is 8.09. The SMILES string of the molecule is Clc1ccc(Sc2ccc(CNC3CC3)c(Cl)c2)nc1. The molecule has 1 saturated carbocycles. The summed E-state index contributed by atoms with van der Waals surface area (Å²) in [5, 5.41) is 5.83. The number of hydrogen-bond donors (Lipinski definition) is 1. The van der Waals surface area contributed by atoms with Crippen LogP contribution in [0.25, 0.3) is 0 Å². The molecule has 1 N–H and O–H groups in total. The van der Waals surface area contributed by atoms with E-state index in [0.717, 1.165) is 27.1 Å². The normalized spacial score (nSPS) is 14.5. The Balaban J connectivity index is 1.67. The maximum absolute atomic E-state index is 6.33. The third-order valence-corrected chi connectivity index (χ3v) is 4.62. The minimum Gasteiger partial charge on any atom is -0.310 e. The Morgan fingerprint density at radius 3 is 2.70 bits per heavy atom. The zero-order valence-corrected chi connectivity index (χ0v) is 13.1. The van der Waals surface area contributed by atoms with Crippen molar-refractivity contribution in [3.05, 3.63) is 52.1 Å². The van der Waals surface area contributed by atoms with Gasteiger partial charge in [-0.3, -0.25) is 0 Å². The Morgan fingerprint density at radius 2 is 2.05 bits per heavy atom. The van der Waals surface area contributed by atoms with Gasteiger partial charge in [-0.15, -0.1) is 0 Å². The van der Waals surface area contributed by atoms with Gasteiger partial charge in [0.1, 0.15) is 5.03 Å². The molecule has 0 radical (unpaired) electrons. The van der Waals surface area contributed by atoms with Gasteiger partial charge in [0.15, 0.2) is 0 Å². The smallest absolute Gasteiger partial charge is 0.101 e. The van der Waals surface area contributed by atoms with Crippen LogP contribution in [0.1, 0.15) is 18.4 Å². The Bertz CT molecular complexity index is 597. The van der Waals surface area contributed by atoms with Gasteiger partial charge in [-0.05, 0) is 42.7 Å². The lowest BCUT2D eigenvalue weighted by Crippen LogP contribution is -2.15. The Labute approximate surface area is 132 Å². The Morgan fingerprint density at radius 1 is 1.20 bits per heavy atom. The molecule has 0 saturated heterocycles. The molecule has 1 aromatic carbocycles. The summed E-state index contributed by atoms with van der Waals surface area (Å²) in [6, 6.07) is 10.6. The van der Waals surface area contributed by atoms with Crippen molar-refractivity contribution in [2.75, 3.05) is 0 Å². The highest BCUT2D eigenvalue weighted by molar-refractivity contribution is 7.99. The fourth-order valence-corrected chi connectivity index (χ4v) is 3.04. The summed E-state index contributed by atoms with van der Waals surface area (Å²) in [6.07, 6.45) is 4.22. The Hall–Kier alpha value is -0.740. The van der Waals surface area contributed by atoms with E-state index in [1.165, 1.54) is 12.8 Å². The van der Waals surface area contributed by atoms with Crippen molar-refractivity contribution >= 4 is 35.0 Å². The van der Waals surface area contributed by atoms with Crippen LogP contribution in [0.15, 0.2) is 46.5 Å². The van der Waals surface area contributed by atoms with Crippen LogP contribution >= 0.6 is 35.0 Å². The van der Waals surface area contributed by atoms with Crippen molar-refractivity contribution in [1.29, 1.82) is 0 Å². The summed E-state index contributed by atoms with van der Waals surface area (Å²) >= 11 is 13.7. The number of halogens is 2.